The fraction of sp³-hybridized carbons (Fsp3) is 0.353. The molecule has 12 nitrogen and oxygen atoms in total. The maximum absolute atomic E-state index is 11.1. The number of phosphoric acid groups is 1. The van der Waals surface area contributed by atoms with Crippen LogP contribution >= 0.6 is 7.82 Å². The van der Waals surface area contributed by atoms with Crippen molar-refractivity contribution >= 4 is 24.8 Å². The zero-order chi connectivity index (χ0) is 21.5. The number of phosphoric ester groups is 1. The van der Waals surface area contributed by atoms with Gasteiger partial charge in [-0.15, -0.1) is 0 Å². The summed E-state index contributed by atoms with van der Waals surface area (Å²) in [7, 11) is -4.81. The predicted molar refractivity (Wildman–Crippen MR) is 103 cm³/mol. The van der Waals surface area contributed by atoms with E-state index in [0.29, 0.717) is 0 Å². The van der Waals surface area contributed by atoms with E-state index in [1.165, 1.54) is 17.2 Å². The lowest BCUT2D eigenvalue weighted by molar-refractivity contribution is -0.144. The number of imidazole rings is 1. The van der Waals surface area contributed by atoms with Crippen LogP contribution in [-0.4, -0.2) is 64.4 Å². The first kappa shape index (κ1) is 20.8. The van der Waals surface area contributed by atoms with Crippen molar-refractivity contribution in [3.05, 3.63) is 48.5 Å². The van der Waals surface area contributed by atoms with Crippen LogP contribution in [0.25, 0.3) is 11.2 Å². The van der Waals surface area contributed by atoms with Crippen molar-refractivity contribution in [1.82, 2.24) is 19.5 Å². The van der Waals surface area contributed by atoms with Crippen LogP contribution in [0.1, 0.15) is 5.56 Å². The topological polar surface area (TPSA) is 186 Å². The monoisotopic (exact) mass is 437 g/mol. The molecule has 4 atom stereocenters. The number of nitrogens with zero attached hydrogens (tertiary/aromatic N) is 4. The molecule has 160 valence electrons. The van der Waals surface area contributed by atoms with Crippen LogP contribution in [-0.2, 0) is 26.0 Å². The summed E-state index contributed by atoms with van der Waals surface area (Å²) in [5.74, 6) is 0.128. The number of nitrogen functional groups attached to an aromatic ring is 1. The SMILES string of the molecule is Nc1ncnc2c1ncn2[C@]1(Cc2ccccc2)O[C@H](COP(=O)(O)O)[C@@H](O)[C@H]1O. The summed E-state index contributed by atoms with van der Waals surface area (Å²) < 4.78 is 23.1. The Hall–Kier alpha value is -2.44. The molecule has 6 N–H and O–H groups in total. The molecule has 13 heteroatoms. The van der Waals surface area contributed by atoms with Gasteiger partial charge in [-0.2, -0.15) is 0 Å². The van der Waals surface area contributed by atoms with Crippen LogP contribution < -0.4 is 5.73 Å². The Morgan fingerprint density at radius 3 is 2.63 bits per heavy atom. The standard InChI is InChI=1S/C17H20N5O7P/c18-15-12-16(20-8-19-15)22(9-21-12)17(6-10-4-2-1-3-5-10)14(24)13(23)11(29-17)7-28-30(25,26)27/h1-5,8-9,11,13-14,23-24H,6-7H2,(H2,18,19,20)(H2,25,26,27)/t11-,13-,14-,17-/m1/s1. The fourth-order valence-electron chi connectivity index (χ4n) is 3.62. The summed E-state index contributed by atoms with van der Waals surface area (Å²) >= 11 is 0. The molecule has 4 rings (SSSR count). The molecule has 1 aromatic carbocycles. The number of hydrogen-bond donors (Lipinski definition) is 5. The minimum atomic E-state index is -4.81. The second kappa shape index (κ2) is 7.67. The number of aliphatic hydroxyl groups is 2. The van der Waals surface area contributed by atoms with Crippen molar-refractivity contribution in [2.24, 2.45) is 0 Å². The minimum Gasteiger partial charge on any atom is -0.387 e. The maximum atomic E-state index is 11.1. The molecule has 1 saturated heterocycles. The molecule has 0 spiro atoms. The van der Waals surface area contributed by atoms with E-state index in [-0.39, 0.29) is 23.4 Å². The molecule has 3 heterocycles. The van der Waals surface area contributed by atoms with Crippen LogP contribution in [0, 0.1) is 0 Å². The highest BCUT2D eigenvalue weighted by Crippen LogP contribution is 2.43. The Morgan fingerprint density at radius 2 is 1.93 bits per heavy atom. The molecule has 0 radical (unpaired) electrons. The molecule has 0 aliphatic carbocycles. The van der Waals surface area contributed by atoms with Gasteiger partial charge in [0.05, 0.1) is 12.9 Å². The van der Waals surface area contributed by atoms with Gasteiger partial charge in [-0.3, -0.25) is 9.09 Å². The summed E-state index contributed by atoms with van der Waals surface area (Å²) in [6.07, 6.45) is -1.55. The van der Waals surface area contributed by atoms with Gasteiger partial charge in [0.15, 0.2) is 17.2 Å². The predicted octanol–water partition coefficient (Wildman–Crippen LogP) is -0.466. The fourth-order valence-corrected chi connectivity index (χ4v) is 3.96. The average molecular weight is 437 g/mol. The molecule has 1 aliphatic heterocycles. The first-order valence-electron chi connectivity index (χ1n) is 8.93. The Bertz CT molecular complexity index is 1090. The second-order valence-corrected chi connectivity index (χ2v) is 8.17. The second-order valence-electron chi connectivity index (χ2n) is 6.93. The van der Waals surface area contributed by atoms with Crippen molar-refractivity contribution in [1.29, 1.82) is 0 Å². The van der Waals surface area contributed by atoms with Gasteiger partial charge >= 0.3 is 7.82 Å². The van der Waals surface area contributed by atoms with E-state index in [4.69, 9.17) is 20.3 Å². The number of aromatic nitrogens is 4. The number of fused-ring (bicyclic) bond motifs is 1. The lowest BCUT2D eigenvalue weighted by Crippen LogP contribution is -2.47. The van der Waals surface area contributed by atoms with E-state index in [2.05, 4.69) is 19.5 Å². The normalized spacial score (nSPS) is 27.0. The molecule has 0 saturated carbocycles. The third-order valence-corrected chi connectivity index (χ3v) is 5.48. The third kappa shape index (κ3) is 3.70. The van der Waals surface area contributed by atoms with Gasteiger partial charge in [-0.05, 0) is 5.56 Å². The van der Waals surface area contributed by atoms with Gasteiger partial charge in [-0.25, -0.2) is 19.5 Å². The molecule has 3 aromatic rings. The zero-order valence-electron chi connectivity index (χ0n) is 15.5. The number of benzene rings is 1. The largest absolute Gasteiger partial charge is 0.469 e. The van der Waals surface area contributed by atoms with Gasteiger partial charge in [0.1, 0.15) is 30.2 Å². The molecular weight excluding hydrogens is 417 g/mol. The summed E-state index contributed by atoms with van der Waals surface area (Å²) in [6.45, 7) is -0.636. The lowest BCUT2D eigenvalue weighted by Gasteiger charge is -2.34. The van der Waals surface area contributed by atoms with E-state index in [1.807, 2.05) is 18.2 Å². The highest BCUT2D eigenvalue weighted by Gasteiger charge is 2.56. The van der Waals surface area contributed by atoms with Crippen LogP contribution in [0.4, 0.5) is 5.82 Å². The van der Waals surface area contributed by atoms with Gasteiger partial charge in [-0.1, -0.05) is 30.3 Å². The van der Waals surface area contributed by atoms with E-state index < -0.39 is 38.5 Å². The number of ether oxygens (including phenoxy) is 1. The Morgan fingerprint density at radius 1 is 1.20 bits per heavy atom. The van der Waals surface area contributed by atoms with E-state index in [0.717, 1.165) is 5.56 Å². The summed E-state index contributed by atoms with van der Waals surface area (Å²) in [4.78, 5) is 30.3. The van der Waals surface area contributed by atoms with Gasteiger partial charge in [0, 0.05) is 6.42 Å². The molecule has 0 bridgehead atoms. The van der Waals surface area contributed by atoms with E-state index in [9.17, 15) is 14.8 Å². The Labute approximate surface area is 170 Å². The van der Waals surface area contributed by atoms with Crippen molar-refractivity contribution < 1.29 is 33.8 Å². The molecule has 1 fully saturated rings. The van der Waals surface area contributed by atoms with Crippen LogP contribution in [0.5, 0.6) is 0 Å². The number of anilines is 1. The quantitative estimate of drug-likeness (QED) is 0.314. The Kier molecular flexibility index (Phi) is 5.32. The van der Waals surface area contributed by atoms with Crippen molar-refractivity contribution in [2.45, 2.75) is 30.5 Å². The van der Waals surface area contributed by atoms with Gasteiger partial charge in [0.2, 0.25) is 0 Å². The number of nitrogens with two attached hydrogens (primary N) is 1. The highest BCUT2D eigenvalue weighted by atomic mass is 31.2. The molecule has 2 aromatic heterocycles. The van der Waals surface area contributed by atoms with Crippen LogP contribution in [0.15, 0.2) is 43.0 Å². The summed E-state index contributed by atoms with van der Waals surface area (Å²) in [5, 5.41) is 21.6. The zero-order valence-corrected chi connectivity index (χ0v) is 16.4. The molecule has 0 unspecified atom stereocenters. The molecule has 0 amide bonds. The smallest absolute Gasteiger partial charge is 0.387 e. The number of rotatable bonds is 6. The third-order valence-electron chi connectivity index (χ3n) is 5.00. The van der Waals surface area contributed by atoms with Gasteiger partial charge < -0.3 is 30.5 Å². The van der Waals surface area contributed by atoms with Gasteiger partial charge in [0.25, 0.3) is 0 Å². The van der Waals surface area contributed by atoms with E-state index in [1.54, 1.807) is 12.1 Å². The Balaban J connectivity index is 1.80. The molecule has 1 aliphatic rings. The average Bonchev–Trinajstić information content (AvgIpc) is 3.24. The first-order valence-corrected chi connectivity index (χ1v) is 10.5. The van der Waals surface area contributed by atoms with Crippen molar-refractivity contribution in [3.63, 3.8) is 0 Å². The number of aliphatic hydroxyl groups excluding tert-OH is 2. The van der Waals surface area contributed by atoms with E-state index >= 15 is 0 Å². The van der Waals surface area contributed by atoms with Crippen molar-refractivity contribution in [2.75, 3.05) is 12.3 Å². The molecule has 30 heavy (non-hydrogen) atoms. The van der Waals surface area contributed by atoms with Crippen molar-refractivity contribution in [3.8, 4) is 0 Å². The van der Waals surface area contributed by atoms with Crippen LogP contribution in [0.3, 0.4) is 0 Å². The molecular formula is C17H20N5O7P. The first-order chi connectivity index (χ1) is 14.2. The summed E-state index contributed by atoms with van der Waals surface area (Å²) in [5.41, 5.74) is 5.58. The maximum Gasteiger partial charge on any atom is 0.469 e. The number of hydrogen-bond acceptors (Lipinski definition) is 9. The summed E-state index contributed by atoms with van der Waals surface area (Å²) in [6, 6.07) is 9.06. The minimum absolute atomic E-state index is 0.0911. The highest BCUT2D eigenvalue weighted by molar-refractivity contribution is 7.46. The lowest BCUT2D eigenvalue weighted by atomic mass is 9.95. The van der Waals surface area contributed by atoms with Crippen LogP contribution in [0.2, 0.25) is 0 Å².